The Morgan fingerprint density at radius 3 is 2.46 bits per heavy atom. The zero-order valence-corrected chi connectivity index (χ0v) is 17.2. The predicted octanol–water partition coefficient (Wildman–Crippen LogP) is 1.26. The molecule has 3 rings (SSSR count). The van der Waals surface area contributed by atoms with Crippen LogP contribution in [0.4, 0.5) is 0 Å². The van der Waals surface area contributed by atoms with Crippen LogP contribution in [0, 0.1) is 11.8 Å². The van der Waals surface area contributed by atoms with Crippen molar-refractivity contribution in [1.29, 1.82) is 0 Å². The van der Waals surface area contributed by atoms with Crippen LogP contribution in [0.1, 0.15) is 64.7 Å². The molecule has 0 aromatic heterocycles. The van der Waals surface area contributed by atoms with E-state index in [1.54, 1.807) is 0 Å². The molecule has 0 bridgehead atoms. The number of carbonyl (C=O) groups excluding carboxylic acids is 3. The maximum atomic E-state index is 13.4. The molecule has 2 heterocycles. The summed E-state index contributed by atoms with van der Waals surface area (Å²) in [4.78, 5) is 41.4. The van der Waals surface area contributed by atoms with Crippen LogP contribution >= 0.6 is 0 Å². The van der Waals surface area contributed by atoms with Gasteiger partial charge in [-0.3, -0.25) is 14.4 Å². The largest absolute Gasteiger partial charge is 0.370 e. The first kappa shape index (κ1) is 21.1. The van der Waals surface area contributed by atoms with Crippen molar-refractivity contribution in [2.24, 2.45) is 17.6 Å². The zero-order chi connectivity index (χ0) is 20.1. The number of piperidine rings is 1. The van der Waals surface area contributed by atoms with Crippen LogP contribution in [0.15, 0.2) is 0 Å². The van der Waals surface area contributed by atoms with Crippen LogP contribution in [-0.4, -0.2) is 65.8 Å². The summed E-state index contributed by atoms with van der Waals surface area (Å²) in [5.41, 5.74) is 5.32. The quantitative estimate of drug-likeness (QED) is 0.617. The lowest BCUT2D eigenvalue weighted by Gasteiger charge is -2.41. The number of nitrogens with two attached hydrogens (primary N) is 1. The normalized spacial score (nSPS) is 25.0. The molecule has 2 aliphatic heterocycles. The van der Waals surface area contributed by atoms with E-state index in [1.807, 2.05) is 9.80 Å². The maximum absolute atomic E-state index is 13.4. The van der Waals surface area contributed by atoms with Gasteiger partial charge in [0.1, 0.15) is 6.04 Å². The molecule has 28 heavy (non-hydrogen) atoms. The first-order valence-electron chi connectivity index (χ1n) is 11.1. The Labute approximate surface area is 168 Å². The summed E-state index contributed by atoms with van der Waals surface area (Å²) in [6.07, 6.45) is 8.11. The number of unbranched alkanes of at least 4 members (excludes halogenated alkanes) is 1. The van der Waals surface area contributed by atoms with Crippen molar-refractivity contribution >= 4 is 17.7 Å². The molecule has 2 saturated heterocycles. The molecule has 2 atom stereocenters. The smallest absolute Gasteiger partial charge is 0.245 e. The van der Waals surface area contributed by atoms with Gasteiger partial charge in [0.2, 0.25) is 17.7 Å². The van der Waals surface area contributed by atoms with Gasteiger partial charge in [-0.25, -0.2) is 0 Å². The van der Waals surface area contributed by atoms with Gasteiger partial charge in [0, 0.05) is 32.6 Å². The third-order valence-corrected chi connectivity index (χ3v) is 6.50. The molecule has 0 aromatic rings. The molecule has 3 aliphatic rings. The van der Waals surface area contributed by atoms with E-state index >= 15 is 0 Å². The molecule has 7 heteroatoms. The number of amides is 3. The van der Waals surface area contributed by atoms with Crippen LogP contribution in [0.2, 0.25) is 0 Å². The average molecular weight is 393 g/mol. The van der Waals surface area contributed by atoms with Crippen molar-refractivity contribution in [1.82, 2.24) is 15.1 Å². The van der Waals surface area contributed by atoms with Gasteiger partial charge in [-0.2, -0.15) is 0 Å². The van der Waals surface area contributed by atoms with Gasteiger partial charge in [0.05, 0.1) is 6.04 Å². The highest BCUT2D eigenvalue weighted by Crippen LogP contribution is 2.36. The van der Waals surface area contributed by atoms with E-state index in [4.69, 9.17) is 5.73 Å². The lowest BCUT2D eigenvalue weighted by atomic mass is 9.92. The minimum absolute atomic E-state index is 0.0994. The minimum Gasteiger partial charge on any atom is -0.370 e. The number of rotatable bonds is 9. The van der Waals surface area contributed by atoms with E-state index < -0.39 is 0 Å². The molecular weight excluding hydrogens is 356 g/mol. The predicted molar refractivity (Wildman–Crippen MR) is 107 cm³/mol. The maximum Gasteiger partial charge on any atom is 0.245 e. The highest BCUT2D eigenvalue weighted by Gasteiger charge is 2.41. The van der Waals surface area contributed by atoms with Crippen molar-refractivity contribution in [3.63, 3.8) is 0 Å². The van der Waals surface area contributed by atoms with Crippen LogP contribution < -0.4 is 11.1 Å². The van der Waals surface area contributed by atoms with Crippen molar-refractivity contribution in [2.45, 2.75) is 76.8 Å². The Morgan fingerprint density at radius 1 is 1.14 bits per heavy atom. The zero-order valence-electron chi connectivity index (χ0n) is 17.2. The van der Waals surface area contributed by atoms with Crippen LogP contribution in [0.25, 0.3) is 0 Å². The molecule has 1 aliphatic carbocycles. The molecule has 0 aromatic carbocycles. The Morgan fingerprint density at radius 2 is 1.86 bits per heavy atom. The van der Waals surface area contributed by atoms with Crippen LogP contribution in [-0.2, 0) is 14.4 Å². The highest BCUT2D eigenvalue weighted by atomic mass is 16.2. The molecule has 3 fully saturated rings. The number of nitrogens with one attached hydrogen (secondary N) is 1. The fraction of sp³-hybridized carbons (Fsp3) is 0.857. The van der Waals surface area contributed by atoms with Gasteiger partial charge in [0.15, 0.2) is 0 Å². The van der Waals surface area contributed by atoms with E-state index in [-0.39, 0.29) is 35.7 Å². The number of likely N-dealkylation sites (tertiary alicyclic amines) is 1. The molecule has 0 spiro atoms. The van der Waals surface area contributed by atoms with Gasteiger partial charge in [-0.05, 0) is 37.5 Å². The summed E-state index contributed by atoms with van der Waals surface area (Å²) in [6, 6.07) is -0.469. The number of piperazine rings is 1. The molecule has 0 radical (unpaired) electrons. The summed E-state index contributed by atoms with van der Waals surface area (Å²) < 4.78 is 0. The second-order valence-corrected chi connectivity index (χ2v) is 8.81. The fourth-order valence-electron chi connectivity index (χ4n) is 4.58. The van der Waals surface area contributed by atoms with Gasteiger partial charge < -0.3 is 20.9 Å². The molecular formula is C21H36N4O3. The van der Waals surface area contributed by atoms with E-state index in [2.05, 4.69) is 12.2 Å². The molecule has 158 valence electrons. The minimum atomic E-state index is -0.320. The number of hydrogen-bond donors (Lipinski definition) is 2. The van der Waals surface area contributed by atoms with Crippen molar-refractivity contribution in [3.05, 3.63) is 0 Å². The van der Waals surface area contributed by atoms with Crippen LogP contribution in [0.5, 0.6) is 0 Å². The summed E-state index contributed by atoms with van der Waals surface area (Å²) in [6.45, 7) is 4.83. The van der Waals surface area contributed by atoms with Crippen molar-refractivity contribution in [2.75, 3.05) is 26.2 Å². The van der Waals surface area contributed by atoms with Crippen molar-refractivity contribution in [3.8, 4) is 0 Å². The Bertz CT molecular complexity index is 570. The number of carbonyl (C=O) groups is 3. The van der Waals surface area contributed by atoms with E-state index in [0.717, 1.165) is 45.1 Å². The lowest BCUT2D eigenvalue weighted by Crippen LogP contribution is -2.61. The number of nitrogens with zero attached hydrogens (tertiary/aromatic N) is 2. The van der Waals surface area contributed by atoms with Gasteiger partial charge in [-0.15, -0.1) is 0 Å². The summed E-state index contributed by atoms with van der Waals surface area (Å²) in [5, 5.41) is 3.34. The molecule has 3 amide bonds. The summed E-state index contributed by atoms with van der Waals surface area (Å²) in [5.74, 6) is 0.804. The van der Waals surface area contributed by atoms with Gasteiger partial charge in [-0.1, -0.05) is 32.6 Å². The Kier molecular flexibility index (Phi) is 7.32. The number of hydrogen-bond acceptors (Lipinski definition) is 4. The Balaban J connectivity index is 1.63. The van der Waals surface area contributed by atoms with Gasteiger partial charge >= 0.3 is 0 Å². The third-order valence-electron chi connectivity index (χ3n) is 6.50. The van der Waals surface area contributed by atoms with E-state index in [1.165, 1.54) is 12.8 Å². The standard InChI is InChI=1S/C21H36N4O3/c1-2-3-4-17-20(27)25(12-9-23-17)18(13-15-5-6-15)21(28)24-10-7-16(8-11-24)14-19(22)26/h15-18,23H,2-14H2,1H3,(H2,22,26). The first-order valence-corrected chi connectivity index (χ1v) is 11.1. The summed E-state index contributed by atoms with van der Waals surface area (Å²) >= 11 is 0. The highest BCUT2D eigenvalue weighted by molar-refractivity contribution is 5.90. The number of primary amides is 1. The molecule has 3 N–H and O–H groups in total. The first-order chi connectivity index (χ1) is 13.5. The molecule has 7 nitrogen and oxygen atoms in total. The molecule has 1 saturated carbocycles. The average Bonchev–Trinajstić information content (AvgIpc) is 3.49. The second kappa shape index (κ2) is 9.72. The third kappa shape index (κ3) is 5.46. The second-order valence-electron chi connectivity index (χ2n) is 8.81. The Hall–Kier alpha value is -1.63. The lowest BCUT2D eigenvalue weighted by molar-refractivity contribution is -0.150. The SMILES string of the molecule is CCCCC1NCCN(C(CC2CC2)C(=O)N2CCC(CC(N)=O)CC2)C1=O. The monoisotopic (exact) mass is 392 g/mol. The summed E-state index contributed by atoms with van der Waals surface area (Å²) in [7, 11) is 0. The van der Waals surface area contributed by atoms with E-state index in [9.17, 15) is 14.4 Å². The van der Waals surface area contributed by atoms with Crippen LogP contribution in [0.3, 0.4) is 0 Å². The molecule has 2 unspecified atom stereocenters. The van der Waals surface area contributed by atoms with E-state index in [0.29, 0.717) is 32.0 Å². The topological polar surface area (TPSA) is 95.7 Å². The fourth-order valence-corrected chi connectivity index (χ4v) is 4.58. The van der Waals surface area contributed by atoms with Gasteiger partial charge in [0.25, 0.3) is 0 Å². The van der Waals surface area contributed by atoms with Crippen molar-refractivity contribution < 1.29 is 14.4 Å².